The van der Waals surface area contributed by atoms with Crippen molar-refractivity contribution in [3.63, 3.8) is 0 Å². The number of carbonyl (C=O) groups is 1. The van der Waals surface area contributed by atoms with E-state index in [0.717, 1.165) is 21.3 Å². The second kappa shape index (κ2) is 7.31. The topological polar surface area (TPSA) is 38.8 Å². The van der Waals surface area contributed by atoms with Crippen LogP contribution in [0.5, 0.6) is 11.5 Å². The second-order valence-corrected chi connectivity index (χ2v) is 6.44. The number of para-hydroxylation sites is 1. The van der Waals surface area contributed by atoms with Gasteiger partial charge >= 0.3 is 0 Å². The highest BCUT2D eigenvalue weighted by Gasteiger charge is 2.31. The van der Waals surface area contributed by atoms with E-state index in [1.54, 1.807) is 12.0 Å². The van der Waals surface area contributed by atoms with Gasteiger partial charge in [0, 0.05) is 22.2 Å². The Balaban J connectivity index is 2.11. The smallest absolute Gasteiger partial charge is 0.258 e. The summed E-state index contributed by atoms with van der Waals surface area (Å²) in [4.78, 5) is 14.6. The van der Waals surface area contributed by atoms with E-state index in [1.807, 2.05) is 56.3 Å². The first kappa shape index (κ1) is 17.5. The van der Waals surface area contributed by atoms with Crippen molar-refractivity contribution < 1.29 is 14.3 Å². The average molecular weight is 402 g/mol. The van der Waals surface area contributed by atoms with Crippen LogP contribution in [-0.2, 0) is 4.79 Å². The van der Waals surface area contributed by atoms with Gasteiger partial charge in [0.2, 0.25) is 0 Å². The zero-order valence-electron chi connectivity index (χ0n) is 14.5. The van der Waals surface area contributed by atoms with Gasteiger partial charge in [-0.25, -0.2) is 0 Å². The van der Waals surface area contributed by atoms with Crippen LogP contribution in [0.1, 0.15) is 25.0 Å². The van der Waals surface area contributed by atoms with Crippen molar-refractivity contribution in [3.8, 4) is 11.5 Å². The van der Waals surface area contributed by atoms with Crippen molar-refractivity contribution in [2.45, 2.75) is 13.8 Å². The zero-order valence-corrected chi connectivity index (χ0v) is 16.1. The van der Waals surface area contributed by atoms with Crippen molar-refractivity contribution in [1.29, 1.82) is 0 Å². The van der Waals surface area contributed by atoms with E-state index in [-0.39, 0.29) is 5.91 Å². The van der Waals surface area contributed by atoms with Gasteiger partial charge in [-0.05, 0) is 43.7 Å². The number of methoxy groups -OCH3 is 1. The standard InChI is InChI=1S/C20H20BrNO3/c1-4-22-17-9-7-6-8-14(17)15(20(22)23)10-13-11-18(24-3)19(25-5-2)12-16(13)21/h6-12H,4-5H2,1-3H3/b15-10-. The van der Waals surface area contributed by atoms with Gasteiger partial charge in [0.05, 0.1) is 19.4 Å². The summed E-state index contributed by atoms with van der Waals surface area (Å²) in [7, 11) is 1.61. The summed E-state index contributed by atoms with van der Waals surface area (Å²) in [6.45, 7) is 5.10. The third-order valence-corrected chi connectivity index (χ3v) is 4.85. The highest BCUT2D eigenvalue weighted by Crippen LogP contribution is 2.40. The van der Waals surface area contributed by atoms with Gasteiger partial charge in [-0.2, -0.15) is 0 Å². The molecular formula is C20H20BrNO3. The molecule has 1 aliphatic rings. The molecule has 0 saturated heterocycles. The molecule has 0 N–H and O–H groups in total. The van der Waals surface area contributed by atoms with Gasteiger partial charge in [0.15, 0.2) is 11.5 Å². The number of nitrogens with zero attached hydrogens (tertiary/aromatic N) is 1. The Labute approximate surface area is 156 Å². The Hall–Kier alpha value is -2.27. The van der Waals surface area contributed by atoms with Crippen LogP contribution in [0.25, 0.3) is 11.6 Å². The number of carbonyl (C=O) groups excluding carboxylic acids is 1. The van der Waals surface area contributed by atoms with Gasteiger partial charge in [0.1, 0.15) is 0 Å². The number of likely N-dealkylation sites (N-methyl/N-ethyl adjacent to an activating group) is 1. The van der Waals surface area contributed by atoms with E-state index in [1.165, 1.54) is 0 Å². The molecule has 3 rings (SSSR count). The Bertz CT molecular complexity index is 845. The number of hydrogen-bond donors (Lipinski definition) is 0. The molecule has 0 unspecified atom stereocenters. The van der Waals surface area contributed by atoms with Crippen LogP contribution in [0, 0.1) is 0 Å². The summed E-state index contributed by atoms with van der Waals surface area (Å²) in [6, 6.07) is 11.6. The van der Waals surface area contributed by atoms with Crippen LogP contribution in [0.3, 0.4) is 0 Å². The Morgan fingerprint density at radius 3 is 2.60 bits per heavy atom. The molecule has 25 heavy (non-hydrogen) atoms. The molecular weight excluding hydrogens is 382 g/mol. The summed E-state index contributed by atoms with van der Waals surface area (Å²) < 4.78 is 11.9. The summed E-state index contributed by atoms with van der Waals surface area (Å²) in [5.41, 5.74) is 3.46. The van der Waals surface area contributed by atoms with Crippen molar-refractivity contribution >= 4 is 39.2 Å². The van der Waals surface area contributed by atoms with Crippen LogP contribution in [0.15, 0.2) is 40.9 Å². The molecule has 0 aromatic heterocycles. The summed E-state index contributed by atoms with van der Waals surface area (Å²) in [5, 5.41) is 0. The maximum Gasteiger partial charge on any atom is 0.258 e. The van der Waals surface area contributed by atoms with Crippen molar-refractivity contribution in [1.82, 2.24) is 0 Å². The first-order valence-corrected chi connectivity index (χ1v) is 9.03. The van der Waals surface area contributed by atoms with Crippen LogP contribution in [0.2, 0.25) is 0 Å². The highest BCUT2D eigenvalue weighted by atomic mass is 79.9. The van der Waals surface area contributed by atoms with E-state index in [2.05, 4.69) is 15.9 Å². The van der Waals surface area contributed by atoms with Crippen LogP contribution in [0.4, 0.5) is 5.69 Å². The van der Waals surface area contributed by atoms with Gasteiger partial charge in [0.25, 0.3) is 5.91 Å². The number of hydrogen-bond acceptors (Lipinski definition) is 3. The molecule has 1 aliphatic heterocycles. The van der Waals surface area contributed by atoms with E-state index in [4.69, 9.17) is 9.47 Å². The monoisotopic (exact) mass is 401 g/mol. The van der Waals surface area contributed by atoms with E-state index in [0.29, 0.717) is 30.2 Å². The molecule has 130 valence electrons. The van der Waals surface area contributed by atoms with E-state index < -0.39 is 0 Å². The lowest BCUT2D eigenvalue weighted by molar-refractivity contribution is -0.112. The van der Waals surface area contributed by atoms with E-state index in [9.17, 15) is 4.79 Å². The average Bonchev–Trinajstić information content (AvgIpc) is 2.88. The normalized spacial score (nSPS) is 14.8. The molecule has 0 spiro atoms. The minimum Gasteiger partial charge on any atom is -0.493 e. The molecule has 4 nitrogen and oxygen atoms in total. The van der Waals surface area contributed by atoms with Gasteiger partial charge in [-0.1, -0.05) is 34.1 Å². The molecule has 0 bridgehead atoms. The van der Waals surface area contributed by atoms with Gasteiger partial charge < -0.3 is 14.4 Å². The molecule has 0 fully saturated rings. The SMILES string of the molecule is CCOc1cc(Br)c(/C=C2\C(=O)N(CC)c3ccccc32)cc1OC. The predicted molar refractivity (Wildman–Crippen MR) is 104 cm³/mol. The number of halogens is 1. The first-order chi connectivity index (χ1) is 12.1. The molecule has 2 aromatic carbocycles. The van der Waals surface area contributed by atoms with Crippen LogP contribution < -0.4 is 14.4 Å². The maximum absolute atomic E-state index is 12.8. The number of rotatable bonds is 5. The van der Waals surface area contributed by atoms with E-state index >= 15 is 0 Å². The molecule has 0 saturated carbocycles. The number of ether oxygens (including phenoxy) is 2. The van der Waals surface area contributed by atoms with Gasteiger partial charge in [-0.15, -0.1) is 0 Å². The summed E-state index contributed by atoms with van der Waals surface area (Å²) in [6.07, 6.45) is 1.90. The molecule has 1 heterocycles. The third kappa shape index (κ3) is 3.16. The number of fused-ring (bicyclic) bond motifs is 1. The number of benzene rings is 2. The zero-order chi connectivity index (χ0) is 18.0. The predicted octanol–water partition coefficient (Wildman–Crippen LogP) is 4.76. The first-order valence-electron chi connectivity index (χ1n) is 8.24. The molecule has 2 aromatic rings. The lowest BCUT2D eigenvalue weighted by Gasteiger charge is -2.13. The molecule has 0 radical (unpaired) electrons. The van der Waals surface area contributed by atoms with Crippen LogP contribution in [-0.4, -0.2) is 26.2 Å². The summed E-state index contributed by atoms with van der Waals surface area (Å²) in [5.74, 6) is 1.33. The molecule has 1 amide bonds. The van der Waals surface area contributed by atoms with Crippen LogP contribution >= 0.6 is 15.9 Å². The Morgan fingerprint density at radius 1 is 1.16 bits per heavy atom. The minimum atomic E-state index is 0.0171. The molecule has 0 aliphatic carbocycles. The molecule has 0 atom stereocenters. The Kier molecular flexibility index (Phi) is 5.13. The maximum atomic E-state index is 12.8. The van der Waals surface area contributed by atoms with Crippen molar-refractivity contribution in [2.24, 2.45) is 0 Å². The quantitative estimate of drug-likeness (QED) is 0.677. The number of anilines is 1. The van der Waals surface area contributed by atoms with Gasteiger partial charge in [-0.3, -0.25) is 4.79 Å². The second-order valence-electron chi connectivity index (χ2n) is 5.58. The highest BCUT2D eigenvalue weighted by molar-refractivity contribution is 9.10. The fraction of sp³-hybridized carbons (Fsp3) is 0.250. The Morgan fingerprint density at radius 2 is 1.92 bits per heavy atom. The van der Waals surface area contributed by atoms with Crippen molar-refractivity contribution in [3.05, 3.63) is 52.0 Å². The van der Waals surface area contributed by atoms with Crippen molar-refractivity contribution in [2.75, 3.05) is 25.2 Å². The number of amides is 1. The molecule has 5 heteroatoms. The largest absolute Gasteiger partial charge is 0.493 e. The minimum absolute atomic E-state index is 0.0171. The lowest BCUT2D eigenvalue weighted by atomic mass is 10.0. The third-order valence-electron chi connectivity index (χ3n) is 4.16. The fourth-order valence-electron chi connectivity index (χ4n) is 3.01. The summed E-state index contributed by atoms with van der Waals surface area (Å²) >= 11 is 3.57. The lowest BCUT2D eigenvalue weighted by Crippen LogP contribution is -2.25. The fourth-order valence-corrected chi connectivity index (χ4v) is 3.44.